The number of likely N-dealkylation sites (N-methyl/N-ethyl adjacent to an activating group) is 1. The number of nitrogens with two attached hydrogens (primary N) is 1. The number of methoxy groups -OCH3 is 2. The fraction of sp³-hybridized carbons (Fsp3) is 0.679. The Morgan fingerprint density at radius 3 is 1.92 bits per heavy atom. The van der Waals surface area contributed by atoms with E-state index in [1.807, 2.05) is 117 Å². The average molecular weight is 1570 g/mol. The molecule has 1 aliphatic heterocycles. The van der Waals surface area contributed by atoms with Gasteiger partial charge in [-0.25, -0.2) is 14.6 Å². The number of carbonyl (C=O) groups is 12. The van der Waals surface area contributed by atoms with Crippen molar-refractivity contribution in [2.75, 3.05) is 46.2 Å². The number of thiazole rings is 1. The number of rotatable bonds is 49. The quantitative estimate of drug-likeness (QED) is 0.0243. The summed E-state index contributed by atoms with van der Waals surface area (Å²) in [6.07, 6.45) is 2.04. The van der Waals surface area contributed by atoms with Crippen LogP contribution in [0.5, 0.6) is 0 Å². The van der Waals surface area contributed by atoms with E-state index in [2.05, 4.69) is 36.9 Å². The van der Waals surface area contributed by atoms with Crippen LogP contribution in [0.3, 0.4) is 0 Å². The van der Waals surface area contributed by atoms with Crippen molar-refractivity contribution in [1.29, 1.82) is 0 Å². The molecule has 0 unspecified atom stereocenters. The van der Waals surface area contributed by atoms with Crippen molar-refractivity contribution in [1.82, 2.24) is 41.4 Å². The predicted molar refractivity (Wildman–Crippen MR) is 430 cm³/mol. The second-order valence-electron chi connectivity index (χ2n) is 33.5. The minimum atomic E-state index is -1.50. The molecule has 9 N–H and O–H groups in total. The van der Waals surface area contributed by atoms with E-state index in [0.29, 0.717) is 56.3 Å². The number of nitrogens with one attached hydrogen (secondary N) is 6. The molecule has 27 heteroatoms. The number of anilines is 1. The largest absolute Gasteiger partial charge is 0.445 e. The highest BCUT2D eigenvalue weighted by Crippen LogP contribution is 2.35. The molecule has 8 amide bonds. The number of primary amides is 1. The van der Waals surface area contributed by atoms with Crippen LogP contribution in [0.4, 0.5) is 15.3 Å². The van der Waals surface area contributed by atoms with Gasteiger partial charge in [-0.1, -0.05) is 125 Å². The van der Waals surface area contributed by atoms with Crippen LogP contribution < -0.4 is 37.6 Å². The maximum Gasteiger partial charge on any atom is 0.408 e. The fourth-order valence-electron chi connectivity index (χ4n) is 14.4. The van der Waals surface area contributed by atoms with E-state index in [1.165, 1.54) is 39.2 Å². The number of hydrogen-bond donors (Lipinski definition) is 8. The summed E-state index contributed by atoms with van der Waals surface area (Å²) < 4.78 is 17.9. The van der Waals surface area contributed by atoms with Crippen LogP contribution in [0, 0.1) is 46.8 Å². The lowest BCUT2D eigenvalue weighted by molar-refractivity contribution is -0.149. The Morgan fingerprint density at radius 1 is 0.721 bits per heavy atom. The number of alkyl carbamates (subject to hydrolysis) is 1. The van der Waals surface area contributed by atoms with Gasteiger partial charge in [-0.05, 0) is 134 Å². The van der Waals surface area contributed by atoms with E-state index in [9.17, 15) is 62.6 Å². The standard InChI is InChI=1S/C84H132N10O16S/c1-20-53(6)73(68(108-18)49-71(101)94-42-27-32-64(94)74(109-19)54(7)65(96)47-60(78-87-41-43-111-78)44-56-28-22-21-23-29-56)93(17)79(105)62(51(2)3)48-69(99)84(15,16)92-81(107)110-50-57-33-35-61(36-34-57)89-76(103)59(31-26-40-88-80(85)106)46-67(98)72(52(4)5)90-77(104)58(45-66(97)55(8)95)30-24-25-39-86-70(100)38-37-63(91-83(12,13)14)75(102)82(9,10)11/h21-23,28-29,33-36,41,43,51-55,58-60,62-64,68,72-74,91,95H,20,24-27,30-32,37-40,42,44-50H2,1-19H3,(H,86,100)(H,89,103)(H,90,104)(H,92,107)(H3,85,88,106)/t53-,54-,55-,58+,59+,60+,62-,63+,64-,68+,72-,73-,74+/m0/s1. The van der Waals surface area contributed by atoms with E-state index in [4.69, 9.17) is 19.9 Å². The molecule has 620 valence electrons. The Labute approximate surface area is 663 Å². The lowest BCUT2D eigenvalue weighted by Gasteiger charge is -2.41. The summed E-state index contributed by atoms with van der Waals surface area (Å²) in [5.74, 6) is -7.61. The summed E-state index contributed by atoms with van der Waals surface area (Å²) in [7, 11) is 4.79. The minimum Gasteiger partial charge on any atom is -0.445 e. The smallest absolute Gasteiger partial charge is 0.408 e. The van der Waals surface area contributed by atoms with E-state index in [1.54, 1.807) is 63.4 Å². The number of amides is 8. The third kappa shape index (κ3) is 31.6. The number of Topliss-reactive ketones (excluding diaryl/α,β-unsaturated/α-hetero) is 5. The summed E-state index contributed by atoms with van der Waals surface area (Å²) in [4.78, 5) is 173. The number of benzene rings is 2. The molecule has 2 heterocycles. The molecule has 3 aromatic rings. The molecule has 2 aromatic carbocycles. The van der Waals surface area contributed by atoms with Gasteiger partial charge < -0.3 is 66.8 Å². The highest BCUT2D eigenvalue weighted by atomic mass is 32.1. The lowest BCUT2D eigenvalue weighted by Crippen LogP contribution is -2.55. The Morgan fingerprint density at radius 2 is 1.35 bits per heavy atom. The molecule has 1 fully saturated rings. The Balaban J connectivity index is 1.37. The first-order valence-electron chi connectivity index (χ1n) is 39.7. The Bertz CT molecular complexity index is 3500. The SMILES string of the molecule is CC[C@H](C)[C@@H]([C@@H](CC(=O)N1CCC[C@H]1[C@H](OC)[C@@H](C)C(=O)C[C@@H](Cc1ccccc1)c1nccs1)OC)N(C)C(=O)[C@@H](CC(=O)C(C)(C)NC(=O)OCc1ccc(NC(=O)[C@H](CCCNC(N)=O)CC(=O)[C@@H](NC(=O)[C@H](CCCCNC(=O)CC[C@@H](NC(C)(C)C)C(=O)C(C)(C)C)CC(=O)[C@H](C)O)C(C)C)cc1)C(C)C. The zero-order chi connectivity index (χ0) is 83.3. The zero-order valence-corrected chi connectivity index (χ0v) is 70.4. The third-order valence-electron chi connectivity index (χ3n) is 21.2. The summed E-state index contributed by atoms with van der Waals surface area (Å²) in [5, 5.41) is 30.0. The highest BCUT2D eigenvalue weighted by molar-refractivity contribution is 7.09. The van der Waals surface area contributed by atoms with Crippen LogP contribution in [-0.2, 0) is 75.2 Å². The van der Waals surface area contributed by atoms with Crippen LogP contribution in [-0.4, -0.2) is 185 Å². The van der Waals surface area contributed by atoms with Crippen molar-refractivity contribution in [2.45, 2.75) is 280 Å². The van der Waals surface area contributed by atoms with Crippen molar-refractivity contribution in [3.8, 4) is 0 Å². The van der Waals surface area contributed by atoms with Gasteiger partial charge in [0.1, 0.15) is 18.5 Å². The second-order valence-corrected chi connectivity index (χ2v) is 34.5. The molecule has 0 radical (unpaired) electrons. The van der Waals surface area contributed by atoms with Crippen LogP contribution in [0.1, 0.15) is 229 Å². The molecule has 111 heavy (non-hydrogen) atoms. The second kappa shape index (κ2) is 45.7. The number of hydrogen-bond acceptors (Lipinski definition) is 19. The average Bonchev–Trinajstić information content (AvgIpc) is 1.79. The monoisotopic (exact) mass is 1570 g/mol. The molecular weight excluding hydrogens is 1440 g/mol. The molecule has 26 nitrogen and oxygen atoms in total. The Hall–Kier alpha value is -7.85. The van der Waals surface area contributed by atoms with E-state index >= 15 is 0 Å². The molecular formula is C84H132N10O16S. The predicted octanol–water partition coefficient (Wildman–Crippen LogP) is 10.8. The number of unbranched alkanes of at least 4 members (excludes halogenated alkanes) is 1. The summed E-state index contributed by atoms with van der Waals surface area (Å²) in [6.45, 7) is 29.4. The van der Waals surface area contributed by atoms with E-state index in [0.717, 1.165) is 17.0 Å². The topological polar surface area (TPSA) is 370 Å². The van der Waals surface area contributed by atoms with Crippen molar-refractivity contribution in [3.63, 3.8) is 0 Å². The number of aliphatic hydroxyl groups excluding tert-OH is 1. The van der Waals surface area contributed by atoms with Gasteiger partial charge >= 0.3 is 12.1 Å². The van der Waals surface area contributed by atoms with Gasteiger partial charge in [-0.15, -0.1) is 11.3 Å². The number of ether oxygens (including phenoxy) is 3. The molecule has 4 rings (SSSR count). The maximum atomic E-state index is 14.9. The van der Waals surface area contributed by atoms with Crippen molar-refractivity contribution in [2.24, 2.45) is 52.6 Å². The Kier molecular flexibility index (Phi) is 39.4. The van der Waals surface area contributed by atoms with Crippen molar-refractivity contribution in [3.05, 3.63) is 82.3 Å². The van der Waals surface area contributed by atoms with Gasteiger partial charge in [0, 0.05) is 131 Å². The van der Waals surface area contributed by atoms with Crippen LogP contribution >= 0.6 is 11.3 Å². The molecule has 1 saturated heterocycles. The lowest BCUT2D eigenvalue weighted by atomic mass is 9.83. The van der Waals surface area contributed by atoms with Gasteiger partial charge in [0.15, 0.2) is 23.1 Å². The number of aliphatic hydroxyl groups is 1. The van der Waals surface area contributed by atoms with Crippen molar-refractivity contribution >= 4 is 87.6 Å². The first-order valence-corrected chi connectivity index (χ1v) is 40.5. The van der Waals surface area contributed by atoms with Gasteiger partial charge in [0.05, 0.1) is 53.3 Å². The number of aromatic nitrogens is 1. The van der Waals surface area contributed by atoms with E-state index in [-0.39, 0.29) is 136 Å². The molecule has 0 saturated carbocycles. The number of carbonyl (C=O) groups excluding carboxylic acids is 12. The normalized spacial score (nSPS) is 16.6. The van der Waals surface area contributed by atoms with Gasteiger partial charge in [-0.3, -0.25) is 47.9 Å². The highest BCUT2D eigenvalue weighted by Gasteiger charge is 2.45. The molecule has 0 spiro atoms. The first kappa shape index (κ1) is 95.5. The van der Waals surface area contributed by atoms with Gasteiger partial charge in [-0.2, -0.15) is 0 Å². The van der Waals surface area contributed by atoms with Crippen LogP contribution in [0.15, 0.2) is 66.2 Å². The molecule has 1 aromatic heterocycles. The third-order valence-corrected chi connectivity index (χ3v) is 22.2. The summed E-state index contributed by atoms with van der Waals surface area (Å²) >= 11 is 1.53. The number of nitrogens with zero attached hydrogens (tertiary/aromatic N) is 3. The minimum absolute atomic E-state index is 0.00596. The first-order chi connectivity index (χ1) is 52.0. The van der Waals surface area contributed by atoms with E-state index < -0.39 is 118 Å². The molecule has 0 bridgehead atoms. The van der Waals surface area contributed by atoms with Crippen molar-refractivity contribution < 1.29 is 76.9 Å². The zero-order valence-electron chi connectivity index (χ0n) is 69.6. The number of urea groups is 1. The van der Waals surface area contributed by atoms with Gasteiger partial charge in [0.25, 0.3) is 0 Å². The summed E-state index contributed by atoms with van der Waals surface area (Å²) in [6, 6.07) is 13.1. The number of likely N-dealkylation sites (tertiary alicyclic amines) is 1. The number of ketones is 5. The fourth-order valence-corrected chi connectivity index (χ4v) is 15.2. The van der Waals surface area contributed by atoms with Gasteiger partial charge in [0.2, 0.25) is 29.5 Å². The van der Waals surface area contributed by atoms with Crippen LogP contribution in [0.25, 0.3) is 0 Å². The molecule has 13 atom stereocenters. The summed E-state index contributed by atoms with van der Waals surface area (Å²) in [5.41, 5.74) is 4.81. The molecule has 0 aliphatic carbocycles. The van der Waals surface area contributed by atoms with Crippen LogP contribution in [0.2, 0.25) is 0 Å². The maximum absolute atomic E-state index is 14.9. The molecule has 1 aliphatic rings.